The molecule has 0 bridgehead atoms. The first-order valence-electron chi connectivity index (χ1n) is 6.36. The van der Waals surface area contributed by atoms with Gasteiger partial charge in [-0.15, -0.1) is 0 Å². The molecule has 3 aromatic rings. The van der Waals surface area contributed by atoms with E-state index < -0.39 is 0 Å². The number of aromatic nitrogens is 1. The van der Waals surface area contributed by atoms with Crippen LogP contribution in [-0.2, 0) is 0 Å². The molecule has 20 heavy (non-hydrogen) atoms. The van der Waals surface area contributed by atoms with E-state index in [1.54, 1.807) is 0 Å². The van der Waals surface area contributed by atoms with Crippen molar-refractivity contribution in [2.24, 2.45) is 0 Å². The van der Waals surface area contributed by atoms with E-state index in [-0.39, 0.29) is 0 Å². The molecule has 1 aromatic heterocycles. The first kappa shape index (κ1) is 12.1. The van der Waals surface area contributed by atoms with Gasteiger partial charge in [0.05, 0.1) is 17.8 Å². The smallest absolute Gasteiger partial charge is 0.187 e. The Morgan fingerprint density at radius 2 is 1.65 bits per heavy atom. The Morgan fingerprint density at radius 3 is 2.45 bits per heavy atom. The summed E-state index contributed by atoms with van der Waals surface area (Å²) in [5, 5.41) is 1.14. The van der Waals surface area contributed by atoms with Crippen molar-refractivity contribution in [2.75, 3.05) is 0 Å². The largest absolute Gasteiger partial charge is 0.248 e. The molecule has 0 amide bonds. The fourth-order valence-corrected chi connectivity index (χ4v) is 2.02. The lowest BCUT2D eigenvalue weighted by Crippen LogP contribution is -1.82. The van der Waals surface area contributed by atoms with Crippen LogP contribution in [0.5, 0.6) is 0 Å². The molecule has 0 fully saturated rings. The van der Waals surface area contributed by atoms with Crippen LogP contribution < -0.4 is 0 Å². The van der Waals surface area contributed by atoms with Crippen LogP contribution in [0.2, 0.25) is 0 Å². The van der Waals surface area contributed by atoms with Gasteiger partial charge in [-0.25, -0.2) is 9.83 Å². The topological polar surface area (TPSA) is 17.2 Å². The summed E-state index contributed by atoms with van der Waals surface area (Å²) in [6.07, 6.45) is 3.99. The quantitative estimate of drug-likeness (QED) is 0.592. The maximum atomic E-state index is 6.92. The van der Waals surface area contributed by atoms with Gasteiger partial charge in [-0.05, 0) is 23.8 Å². The summed E-state index contributed by atoms with van der Waals surface area (Å²) in [6.45, 7) is 6.92. The number of fused-ring (bicyclic) bond motifs is 1. The highest BCUT2D eigenvalue weighted by molar-refractivity contribution is 5.80. The van der Waals surface area contributed by atoms with Crippen LogP contribution in [0, 0.1) is 6.57 Å². The molecule has 0 aliphatic carbocycles. The minimum Gasteiger partial charge on any atom is -0.248 e. The highest BCUT2D eigenvalue weighted by Crippen LogP contribution is 2.16. The molecule has 94 valence electrons. The fourth-order valence-electron chi connectivity index (χ4n) is 2.02. The molecule has 2 heteroatoms. The molecule has 2 nitrogen and oxygen atoms in total. The maximum Gasteiger partial charge on any atom is 0.187 e. The molecule has 0 N–H and O–H groups in total. The van der Waals surface area contributed by atoms with Crippen molar-refractivity contribution >= 4 is 28.7 Å². The fraction of sp³-hybridized carbons (Fsp3) is 0. The summed E-state index contributed by atoms with van der Waals surface area (Å²) in [5.74, 6) is 0. The summed E-state index contributed by atoms with van der Waals surface area (Å²) in [4.78, 5) is 7.97. The SMILES string of the molecule is [C-]#[N+]c1ccc(/C=C/c2ccc3ccccc3n2)cc1. The summed E-state index contributed by atoms with van der Waals surface area (Å²) in [5.41, 5.74) is 3.65. The lowest BCUT2D eigenvalue weighted by Gasteiger charge is -1.98. The van der Waals surface area contributed by atoms with Gasteiger partial charge < -0.3 is 0 Å². The van der Waals surface area contributed by atoms with E-state index in [9.17, 15) is 0 Å². The Balaban J connectivity index is 1.88. The number of rotatable bonds is 2. The summed E-state index contributed by atoms with van der Waals surface area (Å²) >= 11 is 0. The lowest BCUT2D eigenvalue weighted by atomic mass is 10.1. The molecule has 0 saturated carbocycles. The van der Waals surface area contributed by atoms with Gasteiger partial charge in [-0.3, -0.25) is 0 Å². The van der Waals surface area contributed by atoms with Crippen LogP contribution in [0.15, 0.2) is 60.7 Å². The van der Waals surface area contributed by atoms with Crippen molar-refractivity contribution in [2.45, 2.75) is 0 Å². The van der Waals surface area contributed by atoms with Gasteiger partial charge in [0.25, 0.3) is 0 Å². The van der Waals surface area contributed by atoms with Gasteiger partial charge in [-0.1, -0.05) is 54.6 Å². The number of hydrogen-bond acceptors (Lipinski definition) is 1. The van der Waals surface area contributed by atoms with E-state index in [2.05, 4.69) is 22.0 Å². The molecule has 2 aromatic carbocycles. The second-order valence-corrected chi connectivity index (χ2v) is 4.47. The minimum atomic E-state index is 0.658. The predicted octanol–water partition coefficient (Wildman–Crippen LogP) is 4.96. The zero-order valence-corrected chi connectivity index (χ0v) is 10.8. The van der Waals surface area contributed by atoms with Gasteiger partial charge in [-0.2, -0.15) is 0 Å². The molecule has 0 radical (unpaired) electrons. The van der Waals surface area contributed by atoms with Gasteiger partial charge >= 0.3 is 0 Å². The molecular weight excluding hydrogens is 244 g/mol. The van der Waals surface area contributed by atoms with Crippen LogP contribution in [0.1, 0.15) is 11.3 Å². The van der Waals surface area contributed by atoms with Gasteiger partial charge in [0.1, 0.15) is 0 Å². The number of para-hydroxylation sites is 1. The number of pyridine rings is 1. The zero-order valence-electron chi connectivity index (χ0n) is 10.8. The Bertz CT molecular complexity index is 809. The second kappa shape index (κ2) is 5.38. The average Bonchev–Trinajstić information content (AvgIpc) is 2.53. The van der Waals surface area contributed by atoms with Crippen LogP contribution in [0.3, 0.4) is 0 Å². The second-order valence-electron chi connectivity index (χ2n) is 4.47. The van der Waals surface area contributed by atoms with Crippen LogP contribution in [0.25, 0.3) is 27.9 Å². The van der Waals surface area contributed by atoms with Gasteiger partial charge in [0.2, 0.25) is 0 Å². The highest BCUT2D eigenvalue weighted by atomic mass is 14.7. The Morgan fingerprint density at radius 1 is 0.850 bits per heavy atom. The third kappa shape index (κ3) is 2.57. The standard InChI is InChI=1S/C18H12N2/c1-19-16-10-6-14(7-11-16)8-12-17-13-9-15-4-2-3-5-18(15)20-17/h2-13H/b12-8+. The summed E-state index contributed by atoms with van der Waals surface area (Å²) < 4.78 is 0. The summed E-state index contributed by atoms with van der Waals surface area (Å²) in [7, 11) is 0. The van der Waals surface area contributed by atoms with E-state index in [1.807, 2.05) is 60.7 Å². The van der Waals surface area contributed by atoms with Crippen molar-refractivity contribution in [3.63, 3.8) is 0 Å². The maximum absolute atomic E-state index is 6.92. The third-order valence-electron chi connectivity index (χ3n) is 3.09. The average molecular weight is 256 g/mol. The molecule has 0 spiro atoms. The van der Waals surface area contributed by atoms with Crippen molar-refractivity contribution < 1.29 is 0 Å². The normalized spacial score (nSPS) is 10.8. The van der Waals surface area contributed by atoms with Crippen LogP contribution in [-0.4, -0.2) is 4.98 Å². The van der Waals surface area contributed by atoms with E-state index in [0.29, 0.717) is 5.69 Å². The summed E-state index contributed by atoms with van der Waals surface area (Å²) in [6, 6.07) is 19.7. The van der Waals surface area contributed by atoms with Crippen LogP contribution >= 0.6 is 0 Å². The van der Waals surface area contributed by atoms with Crippen molar-refractivity contribution in [1.29, 1.82) is 0 Å². The first-order chi connectivity index (χ1) is 9.85. The highest BCUT2D eigenvalue weighted by Gasteiger charge is 1.95. The van der Waals surface area contributed by atoms with Crippen molar-refractivity contribution in [1.82, 2.24) is 4.98 Å². The zero-order chi connectivity index (χ0) is 13.8. The van der Waals surface area contributed by atoms with Gasteiger partial charge in [0, 0.05) is 5.39 Å². The van der Waals surface area contributed by atoms with E-state index in [1.165, 1.54) is 0 Å². The monoisotopic (exact) mass is 256 g/mol. The molecular formula is C18H12N2. The molecule has 0 atom stereocenters. The Hall–Kier alpha value is -2.92. The molecule has 3 rings (SSSR count). The molecule has 0 aliphatic rings. The number of benzene rings is 2. The minimum absolute atomic E-state index is 0.658. The molecule has 0 aliphatic heterocycles. The number of nitrogens with zero attached hydrogens (tertiary/aromatic N) is 2. The van der Waals surface area contributed by atoms with Crippen LogP contribution in [0.4, 0.5) is 5.69 Å². The molecule has 0 unspecified atom stereocenters. The Labute approximate surface area is 117 Å². The van der Waals surface area contributed by atoms with Crippen molar-refractivity contribution in [3.05, 3.63) is 83.3 Å². The lowest BCUT2D eigenvalue weighted by molar-refractivity contribution is 1.37. The molecule has 0 saturated heterocycles. The predicted molar refractivity (Wildman–Crippen MR) is 83.4 cm³/mol. The third-order valence-corrected chi connectivity index (χ3v) is 3.09. The van der Waals surface area contributed by atoms with Crippen molar-refractivity contribution in [3.8, 4) is 0 Å². The van der Waals surface area contributed by atoms with E-state index >= 15 is 0 Å². The van der Waals surface area contributed by atoms with E-state index in [4.69, 9.17) is 6.57 Å². The van der Waals surface area contributed by atoms with Gasteiger partial charge in [0.15, 0.2) is 5.69 Å². The first-order valence-corrected chi connectivity index (χ1v) is 6.36. The van der Waals surface area contributed by atoms with E-state index in [0.717, 1.165) is 22.2 Å². The Kier molecular flexibility index (Phi) is 3.26. The number of hydrogen-bond donors (Lipinski definition) is 0. The molecule has 1 heterocycles.